The van der Waals surface area contributed by atoms with Crippen molar-refractivity contribution < 1.29 is 4.74 Å². The largest absolute Gasteiger partial charge is 0.492 e. The van der Waals surface area contributed by atoms with Gasteiger partial charge in [-0.3, -0.25) is 9.80 Å². The number of nitrogens with zero attached hydrogens (tertiary/aromatic N) is 2. The van der Waals surface area contributed by atoms with E-state index in [1.807, 2.05) is 24.3 Å². The molecule has 3 rings (SSSR count). The summed E-state index contributed by atoms with van der Waals surface area (Å²) in [5.74, 6) is 0.960. The molecule has 2 aromatic rings. The van der Waals surface area contributed by atoms with Crippen LogP contribution in [0.3, 0.4) is 0 Å². The van der Waals surface area contributed by atoms with Gasteiger partial charge in [-0.25, -0.2) is 0 Å². The van der Waals surface area contributed by atoms with E-state index in [0.717, 1.165) is 56.6 Å². The first-order chi connectivity index (χ1) is 11.7. The van der Waals surface area contributed by atoms with E-state index in [9.17, 15) is 0 Å². The number of rotatable bonds is 6. The first-order valence-electron chi connectivity index (χ1n) is 8.58. The fourth-order valence-corrected chi connectivity index (χ4v) is 3.07. The fraction of sp³-hybridized carbons (Fsp3) is 0.400. The summed E-state index contributed by atoms with van der Waals surface area (Å²) < 4.78 is 5.83. The van der Waals surface area contributed by atoms with Gasteiger partial charge in [0.25, 0.3) is 0 Å². The molecule has 1 fully saturated rings. The van der Waals surface area contributed by atoms with Crippen LogP contribution >= 0.6 is 11.6 Å². The van der Waals surface area contributed by atoms with E-state index in [1.165, 1.54) is 11.1 Å². The number of hydrogen-bond donors (Lipinski definition) is 0. The Labute approximate surface area is 149 Å². The van der Waals surface area contributed by atoms with Gasteiger partial charge in [-0.1, -0.05) is 41.4 Å². The molecule has 0 atom stereocenters. The van der Waals surface area contributed by atoms with E-state index < -0.39 is 0 Å². The molecule has 3 nitrogen and oxygen atoms in total. The second-order valence-electron chi connectivity index (χ2n) is 6.41. The van der Waals surface area contributed by atoms with Crippen molar-refractivity contribution >= 4 is 11.6 Å². The highest BCUT2D eigenvalue weighted by atomic mass is 35.5. The fourth-order valence-electron chi connectivity index (χ4n) is 2.95. The van der Waals surface area contributed by atoms with E-state index in [0.29, 0.717) is 0 Å². The smallest absolute Gasteiger partial charge is 0.119 e. The van der Waals surface area contributed by atoms with Gasteiger partial charge in [-0.15, -0.1) is 0 Å². The Bertz CT molecular complexity index is 619. The highest BCUT2D eigenvalue weighted by molar-refractivity contribution is 6.30. The molecule has 0 spiro atoms. The van der Waals surface area contributed by atoms with Gasteiger partial charge in [0, 0.05) is 44.3 Å². The Morgan fingerprint density at radius 3 is 2.17 bits per heavy atom. The van der Waals surface area contributed by atoms with Crippen molar-refractivity contribution in [3.8, 4) is 5.75 Å². The molecule has 0 bridgehead atoms. The van der Waals surface area contributed by atoms with Crippen molar-refractivity contribution in [1.82, 2.24) is 9.80 Å². The van der Waals surface area contributed by atoms with Crippen LogP contribution in [0.4, 0.5) is 0 Å². The van der Waals surface area contributed by atoms with Crippen molar-refractivity contribution in [2.45, 2.75) is 13.5 Å². The summed E-state index contributed by atoms with van der Waals surface area (Å²) in [7, 11) is 0. The van der Waals surface area contributed by atoms with Crippen molar-refractivity contribution in [2.75, 3.05) is 39.3 Å². The van der Waals surface area contributed by atoms with Crippen LogP contribution in [-0.2, 0) is 6.54 Å². The van der Waals surface area contributed by atoms with Gasteiger partial charge in [-0.2, -0.15) is 0 Å². The lowest BCUT2D eigenvalue weighted by molar-refractivity contribution is 0.112. The lowest BCUT2D eigenvalue weighted by Gasteiger charge is -2.34. The van der Waals surface area contributed by atoms with Crippen LogP contribution in [0.1, 0.15) is 11.1 Å². The quantitative estimate of drug-likeness (QED) is 0.791. The predicted octanol–water partition coefficient (Wildman–Crippen LogP) is 3.85. The maximum absolute atomic E-state index is 5.94. The molecule has 1 heterocycles. The number of halogens is 1. The molecule has 0 saturated carbocycles. The summed E-state index contributed by atoms with van der Waals surface area (Å²) in [6, 6.07) is 16.4. The molecule has 0 unspecified atom stereocenters. The normalized spacial score (nSPS) is 16.2. The SMILES string of the molecule is Cc1ccc(OCCN2CCN(Cc3ccc(Cl)cc3)CC2)cc1. The van der Waals surface area contributed by atoms with Crippen LogP contribution in [0.15, 0.2) is 48.5 Å². The number of ether oxygens (including phenoxy) is 1. The third-order valence-corrected chi connectivity index (χ3v) is 4.73. The highest BCUT2D eigenvalue weighted by Crippen LogP contribution is 2.14. The van der Waals surface area contributed by atoms with Gasteiger partial charge >= 0.3 is 0 Å². The van der Waals surface area contributed by atoms with Gasteiger partial charge in [0.15, 0.2) is 0 Å². The number of benzene rings is 2. The maximum atomic E-state index is 5.94. The predicted molar refractivity (Wildman–Crippen MR) is 99.8 cm³/mol. The number of aryl methyl sites for hydroxylation is 1. The zero-order valence-corrected chi connectivity index (χ0v) is 15.0. The summed E-state index contributed by atoms with van der Waals surface area (Å²) in [6.07, 6.45) is 0. The second kappa shape index (κ2) is 8.52. The molecule has 0 aromatic heterocycles. The monoisotopic (exact) mass is 344 g/mol. The molecule has 0 N–H and O–H groups in total. The van der Waals surface area contributed by atoms with E-state index in [4.69, 9.17) is 16.3 Å². The molecule has 0 aliphatic carbocycles. The molecule has 1 saturated heterocycles. The summed E-state index contributed by atoms with van der Waals surface area (Å²) in [6.45, 7) is 9.25. The number of piperazine rings is 1. The zero-order chi connectivity index (χ0) is 16.8. The minimum absolute atomic E-state index is 0.750. The van der Waals surface area contributed by atoms with Gasteiger partial charge in [0.05, 0.1) is 0 Å². The molecule has 0 radical (unpaired) electrons. The van der Waals surface area contributed by atoms with E-state index in [1.54, 1.807) is 0 Å². The standard InChI is InChI=1S/C20H25ClN2O/c1-17-2-8-20(9-3-17)24-15-14-22-10-12-23(13-11-22)16-18-4-6-19(21)7-5-18/h2-9H,10-16H2,1H3. The third kappa shape index (κ3) is 5.23. The van der Waals surface area contributed by atoms with Gasteiger partial charge in [-0.05, 0) is 36.8 Å². The molecule has 24 heavy (non-hydrogen) atoms. The van der Waals surface area contributed by atoms with Crippen LogP contribution in [-0.4, -0.2) is 49.1 Å². The van der Waals surface area contributed by atoms with E-state index in [2.05, 4.69) is 41.0 Å². The molecule has 0 amide bonds. The van der Waals surface area contributed by atoms with Crippen LogP contribution in [0.5, 0.6) is 5.75 Å². The molecule has 2 aromatic carbocycles. The van der Waals surface area contributed by atoms with Crippen LogP contribution in [0.2, 0.25) is 5.02 Å². The summed E-state index contributed by atoms with van der Waals surface area (Å²) in [5.41, 5.74) is 2.59. The highest BCUT2D eigenvalue weighted by Gasteiger charge is 2.16. The van der Waals surface area contributed by atoms with Gasteiger partial charge < -0.3 is 4.74 Å². The average Bonchev–Trinajstić information content (AvgIpc) is 2.60. The molecule has 1 aliphatic rings. The molecule has 128 valence electrons. The topological polar surface area (TPSA) is 15.7 Å². The van der Waals surface area contributed by atoms with Crippen molar-refractivity contribution in [3.63, 3.8) is 0 Å². The van der Waals surface area contributed by atoms with Crippen LogP contribution in [0, 0.1) is 6.92 Å². The van der Waals surface area contributed by atoms with E-state index in [-0.39, 0.29) is 0 Å². The molecular formula is C20H25ClN2O. The van der Waals surface area contributed by atoms with Crippen molar-refractivity contribution in [2.24, 2.45) is 0 Å². The van der Waals surface area contributed by atoms with Crippen molar-refractivity contribution in [1.29, 1.82) is 0 Å². The maximum Gasteiger partial charge on any atom is 0.119 e. The Morgan fingerprint density at radius 2 is 1.50 bits per heavy atom. The van der Waals surface area contributed by atoms with Gasteiger partial charge in [0.2, 0.25) is 0 Å². The Hall–Kier alpha value is -1.55. The lowest BCUT2D eigenvalue weighted by atomic mass is 10.2. The third-order valence-electron chi connectivity index (χ3n) is 4.48. The number of hydrogen-bond acceptors (Lipinski definition) is 3. The van der Waals surface area contributed by atoms with Crippen LogP contribution < -0.4 is 4.74 Å². The molecular weight excluding hydrogens is 320 g/mol. The Balaban J connectivity index is 1.36. The first-order valence-corrected chi connectivity index (χ1v) is 8.95. The molecule has 4 heteroatoms. The summed E-state index contributed by atoms with van der Waals surface area (Å²) in [5, 5.41) is 0.803. The summed E-state index contributed by atoms with van der Waals surface area (Å²) in [4.78, 5) is 4.98. The summed E-state index contributed by atoms with van der Waals surface area (Å²) >= 11 is 5.94. The Morgan fingerprint density at radius 1 is 0.875 bits per heavy atom. The van der Waals surface area contributed by atoms with E-state index >= 15 is 0 Å². The minimum atomic E-state index is 0.750. The van der Waals surface area contributed by atoms with Crippen LogP contribution in [0.25, 0.3) is 0 Å². The molecule has 1 aliphatic heterocycles. The zero-order valence-electron chi connectivity index (χ0n) is 14.2. The lowest BCUT2D eigenvalue weighted by Crippen LogP contribution is -2.47. The Kier molecular flexibility index (Phi) is 6.13. The minimum Gasteiger partial charge on any atom is -0.492 e. The van der Waals surface area contributed by atoms with Crippen molar-refractivity contribution in [3.05, 3.63) is 64.7 Å². The first kappa shape index (κ1) is 17.3. The average molecular weight is 345 g/mol. The van der Waals surface area contributed by atoms with Gasteiger partial charge in [0.1, 0.15) is 12.4 Å². The second-order valence-corrected chi connectivity index (χ2v) is 6.84.